The predicted molar refractivity (Wildman–Crippen MR) is 57.7 cm³/mol. The van der Waals surface area contributed by atoms with Crippen molar-refractivity contribution in [2.45, 2.75) is 13.8 Å². The number of ketones is 2. The molecular weight excluding hydrogens is 220 g/mol. The summed E-state index contributed by atoms with van der Waals surface area (Å²) in [4.78, 5) is 33.4. The zero-order valence-corrected chi connectivity index (χ0v) is 9.33. The van der Waals surface area contributed by atoms with E-state index in [0.29, 0.717) is 20.3 Å². The number of rotatable bonds is 3. The van der Waals surface area contributed by atoms with Crippen molar-refractivity contribution < 1.29 is 14.4 Å². The average molecular weight is 228 g/mol. The van der Waals surface area contributed by atoms with Crippen molar-refractivity contribution in [2.75, 3.05) is 0 Å². The first-order chi connectivity index (χ1) is 6.56. The number of Topliss-reactive ketones (excluding diaryl/α,β-unsaturated/α-hetero) is 2. The van der Waals surface area contributed by atoms with Crippen LogP contribution in [0, 0.1) is 0 Å². The molecule has 1 aliphatic heterocycles. The third kappa shape index (κ3) is 2.36. The summed E-state index contributed by atoms with van der Waals surface area (Å²) in [5.74, 6) is -0.274. The van der Waals surface area contributed by atoms with Gasteiger partial charge in [0.1, 0.15) is 6.29 Å². The van der Waals surface area contributed by atoms with Crippen LogP contribution in [0.1, 0.15) is 13.8 Å². The highest BCUT2D eigenvalue weighted by atomic mass is 32.2. The zero-order chi connectivity index (χ0) is 10.7. The molecule has 0 unspecified atom stereocenters. The van der Waals surface area contributed by atoms with Crippen molar-refractivity contribution in [3.63, 3.8) is 0 Å². The first kappa shape index (κ1) is 11.3. The van der Waals surface area contributed by atoms with E-state index < -0.39 is 0 Å². The quantitative estimate of drug-likeness (QED) is 0.545. The Labute approximate surface area is 90.0 Å². The number of carbonyl (C=O) groups is 3. The Morgan fingerprint density at radius 1 is 1.07 bits per heavy atom. The van der Waals surface area contributed by atoms with E-state index in [-0.39, 0.29) is 11.6 Å². The van der Waals surface area contributed by atoms with Crippen LogP contribution < -0.4 is 0 Å². The zero-order valence-electron chi connectivity index (χ0n) is 7.70. The summed E-state index contributed by atoms with van der Waals surface area (Å²) < 4.78 is 0.676. The van der Waals surface area contributed by atoms with Crippen LogP contribution in [0.15, 0.2) is 20.1 Å². The Morgan fingerprint density at radius 3 is 1.79 bits per heavy atom. The van der Waals surface area contributed by atoms with Gasteiger partial charge in [0, 0.05) is 0 Å². The second kappa shape index (κ2) is 4.61. The summed E-state index contributed by atoms with van der Waals surface area (Å²) in [5, 5.41) is 0. The van der Waals surface area contributed by atoms with Crippen molar-refractivity contribution in [2.24, 2.45) is 0 Å². The van der Waals surface area contributed by atoms with Crippen molar-refractivity contribution in [3.8, 4) is 0 Å². The molecule has 1 heterocycles. The Balaban J connectivity index is 3.01. The van der Waals surface area contributed by atoms with Gasteiger partial charge in [-0.2, -0.15) is 0 Å². The first-order valence-corrected chi connectivity index (χ1v) is 5.47. The maximum Gasteiger partial charge on any atom is 0.167 e. The number of aldehydes is 1. The molecule has 0 fully saturated rings. The van der Waals surface area contributed by atoms with Gasteiger partial charge >= 0.3 is 0 Å². The standard InChI is InChI=1S/C9H8O3S2/c1-5(11)8-9(6(2)12)14-7(13-8)3-4-10/h3-4H,1-2H3. The molecular formula is C9H8O3S2. The maximum absolute atomic E-state index is 11.2. The molecule has 0 aromatic rings. The molecule has 0 aliphatic carbocycles. The number of hydrogen-bond donors (Lipinski definition) is 0. The predicted octanol–water partition coefficient (Wildman–Crippen LogP) is 1.90. The number of thioether (sulfide) groups is 2. The van der Waals surface area contributed by atoms with Crippen LogP contribution in [-0.4, -0.2) is 17.9 Å². The van der Waals surface area contributed by atoms with Crippen LogP contribution in [-0.2, 0) is 14.4 Å². The molecule has 5 heteroatoms. The van der Waals surface area contributed by atoms with E-state index in [4.69, 9.17) is 0 Å². The topological polar surface area (TPSA) is 51.2 Å². The van der Waals surface area contributed by atoms with Gasteiger partial charge in [-0.3, -0.25) is 14.4 Å². The summed E-state index contributed by atoms with van der Waals surface area (Å²) in [6.07, 6.45) is 2.00. The van der Waals surface area contributed by atoms with Crippen molar-refractivity contribution >= 4 is 41.4 Å². The normalized spacial score (nSPS) is 15.7. The van der Waals surface area contributed by atoms with E-state index >= 15 is 0 Å². The van der Waals surface area contributed by atoms with E-state index in [0.717, 1.165) is 0 Å². The van der Waals surface area contributed by atoms with Crippen LogP contribution >= 0.6 is 23.5 Å². The Bertz CT molecular complexity index is 338. The fourth-order valence-corrected chi connectivity index (χ4v) is 3.23. The highest BCUT2D eigenvalue weighted by Gasteiger charge is 2.26. The summed E-state index contributed by atoms with van der Waals surface area (Å²) in [5.41, 5.74) is 0. The Morgan fingerprint density at radius 2 is 1.50 bits per heavy atom. The summed E-state index contributed by atoms with van der Waals surface area (Å²) in [6.45, 7) is 2.82. The van der Waals surface area contributed by atoms with Crippen LogP contribution in [0.4, 0.5) is 0 Å². The third-order valence-electron chi connectivity index (χ3n) is 1.46. The number of allylic oxidation sites excluding steroid dienone is 3. The molecule has 1 aliphatic rings. The van der Waals surface area contributed by atoms with Crippen LogP contribution in [0.25, 0.3) is 0 Å². The molecule has 14 heavy (non-hydrogen) atoms. The lowest BCUT2D eigenvalue weighted by atomic mass is 10.3. The monoisotopic (exact) mass is 228 g/mol. The van der Waals surface area contributed by atoms with Crippen LogP contribution in [0.5, 0.6) is 0 Å². The Kier molecular flexibility index (Phi) is 3.71. The highest BCUT2D eigenvalue weighted by Crippen LogP contribution is 2.49. The molecule has 0 aromatic heterocycles. The molecule has 0 saturated heterocycles. The van der Waals surface area contributed by atoms with E-state index in [2.05, 4.69) is 0 Å². The van der Waals surface area contributed by atoms with Crippen LogP contribution in [0.3, 0.4) is 0 Å². The molecule has 0 spiro atoms. The van der Waals surface area contributed by atoms with Gasteiger partial charge in [-0.1, -0.05) is 23.5 Å². The van der Waals surface area contributed by atoms with Gasteiger partial charge in [-0.05, 0) is 19.9 Å². The van der Waals surface area contributed by atoms with Gasteiger partial charge in [-0.15, -0.1) is 0 Å². The van der Waals surface area contributed by atoms with Crippen molar-refractivity contribution in [1.29, 1.82) is 0 Å². The minimum Gasteiger partial charge on any atom is -0.298 e. The molecule has 0 aromatic carbocycles. The van der Waals surface area contributed by atoms with E-state index in [9.17, 15) is 14.4 Å². The maximum atomic E-state index is 11.2. The van der Waals surface area contributed by atoms with Crippen LogP contribution in [0.2, 0.25) is 0 Å². The fraction of sp³-hybridized carbons (Fsp3) is 0.222. The van der Waals surface area contributed by atoms with Gasteiger partial charge < -0.3 is 0 Å². The molecule has 1 rings (SSSR count). The van der Waals surface area contributed by atoms with E-state index in [1.807, 2.05) is 0 Å². The SMILES string of the molecule is CC(=O)C1=C(C(C)=O)SC(=CC=O)S1. The lowest BCUT2D eigenvalue weighted by molar-refractivity contribution is -0.115. The Hall–Kier alpha value is -0.810. The minimum absolute atomic E-state index is 0.137. The molecule has 3 nitrogen and oxygen atoms in total. The summed E-state index contributed by atoms with van der Waals surface area (Å²) >= 11 is 2.36. The van der Waals surface area contributed by atoms with Crippen molar-refractivity contribution in [3.05, 3.63) is 20.1 Å². The molecule has 0 bridgehead atoms. The third-order valence-corrected chi connectivity index (χ3v) is 4.15. The minimum atomic E-state index is -0.137. The fourth-order valence-electron chi connectivity index (χ4n) is 0.902. The van der Waals surface area contributed by atoms with Gasteiger partial charge in [0.15, 0.2) is 11.6 Å². The molecule has 0 N–H and O–H groups in total. The molecule has 0 radical (unpaired) electrons. The second-order valence-corrected chi connectivity index (χ2v) is 4.96. The van der Waals surface area contributed by atoms with Gasteiger partial charge in [0.05, 0.1) is 14.0 Å². The van der Waals surface area contributed by atoms with Gasteiger partial charge in [0.25, 0.3) is 0 Å². The summed E-state index contributed by atoms with van der Waals surface area (Å²) in [6, 6.07) is 0. The largest absolute Gasteiger partial charge is 0.298 e. The van der Waals surface area contributed by atoms with E-state index in [1.165, 1.54) is 43.4 Å². The van der Waals surface area contributed by atoms with E-state index in [1.54, 1.807) is 0 Å². The van der Waals surface area contributed by atoms with Gasteiger partial charge in [0.2, 0.25) is 0 Å². The lowest BCUT2D eigenvalue weighted by Gasteiger charge is -1.94. The lowest BCUT2D eigenvalue weighted by Crippen LogP contribution is -1.98. The molecule has 0 amide bonds. The average Bonchev–Trinajstić information content (AvgIpc) is 2.49. The smallest absolute Gasteiger partial charge is 0.167 e. The van der Waals surface area contributed by atoms with Crippen molar-refractivity contribution in [1.82, 2.24) is 0 Å². The highest BCUT2D eigenvalue weighted by molar-refractivity contribution is 8.29. The first-order valence-electron chi connectivity index (χ1n) is 3.83. The number of hydrogen-bond acceptors (Lipinski definition) is 5. The second-order valence-electron chi connectivity index (χ2n) is 2.60. The molecule has 74 valence electrons. The molecule has 0 saturated carbocycles. The molecule has 0 atom stereocenters. The van der Waals surface area contributed by atoms with Gasteiger partial charge in [-0.25, -0.2) is 0 Å². The number of carbonyl (C=O) groups excluding carboxylic acids is 3. The summed E-state index contributed by atoms with van der Waals surface area (Å²) in [7, 11) is 0.